The Labute approximate surface area is 122 Å². The molecule has 0 spiro atoms. The van der Waals surface area contributed by atoms with Crippen molar-refractivity contribution in [1.82, 2.24) is 5.32 Å². The van der Waals surface area contributed by atoms with Crippen LogP contribution in [0.4, 0.5) is 9.18 Å². The van der Waals surface area contributed by atoms with Gasteiger partial charge in [-0.2, -0.15) is 0 Å². The molecule has 0 aliphatic carbocycles. The van der Waals surface area contributed by atoms with E-state index in [1.54, 1.807) is 20.8 Å². The van der Waals surface area contributed by atoms with E-state index in [2.05, 4.69) is 5.32 Å². The lowest BCUT2D eigenvalue weighted by Gasteiger charge is -2.24. The maximum atomic E-state index is 12.9. The molecule has 0 aromatic heterocycles. The fraction of sp³-hybridized carbons (Fsp3) is 0.500. The third-order valence-corrected chi connectivity index (χ3v) is 2.72. The Hall–Kier alpha value is -2.18. The van der Waals surface area contributed by atoms with Gasteiger partial charge in [-0.3, -0.25) is 10.1 Å². The first-order valence-corrected chi connectivity index (χ1v) is 6.48. The minimum atomic E-state index is -1.08. The summed E-state index contributed by atoms with van der Waals surface area (Å²) < 4.78 is 18.0. The van der Waals surface area contributed by atoms with E-state index < -0.39 is 34.5 Å². The number of carbonyl (C=O) groups is 1. The standard InChI is InChI=1S/C14H19FN2O4/c1-9(17(19)20)12(10-5-7-11(15)8-6-10)16-13(18)21-14(2,3)4/h5-9,12H,1-4H3,(H,16,18)/t9-,12+/m0/s1. The largest absolute Gasteiger partial charge is 0.444 e. The summed E-state index contributed by atoms with van der Waals surface area (Å²) in [7, 11) is 0. The number of rotatable bonds is 4. The molecule has 0 aliphatic rings. The molecule has 0 saturated heterocycles. The van der Waals surface area contributed by atoms with Crippen LogP contribution in [0.15, 0.2) is 24.3 Å². The molecule has 2 atom stereocenters. The molecule has 0 heterocycles. The van der Waals surface area contributed by atoms with Crippen LogP contribution >= 0.6 is 0 Å². The van der Waals surface area contributed by atoms with Crippen molar-refractivity contribution in [2.75, 3.05) is 0 Å². The Morgan fingerprint density at radius 1 is 1.33 bits per heavy atom. The number of amides is 1. The van der Waals surface area contributed by atoms with Crippen LogP contribution < -0.4 is 5.32 Å². The second kappa shape index (κ2) is 6.51. The Kier molecular flexibility index (Phi) is 5.23. The van der Waals surface area contributed by atoms with Crippen LogP contribution in [0, 0.1) is 15.9 Å². The fourth-order valence-electron chi connectivity index (χ4n) is 1.71. The summed E-state index contributed by atoms with van der Waals surface area (Å²) in [4.78, 5) is 22.3. The summed E-state index contributed by atoms with van der Waals surface area (Å²) in [5, 5.41) is 13.5. The van der Waals surface area contributed by atoms with Gasteiger partial charge in [0.2, 0.25) is 6.04 Å². The van der Waals surface area contributed by atoms with E-state index in [0.29, 0.717) is 5.56 Å². The molecule has 1 rings (SSSR count). The molecule has 7 heteroatoms. The van der Waals surface area contributed by atoms with Crippen LogP contribution in [0.5, 0.6) is 0 Å². The number of benzene rings is 1. The van der Waals surface area contributed by atoms with Crippen LogP contribution in [0.3, 0.4) is 0 Å². The number of ether oxygens (including phenoxy) is 1. The number of hydrogen-bond donors (Lipinski definition) is 1. The second-order valence-corrected chi connectivity index (χ2v) is 5.70. The predicted octanol–water partition coefficient (Wildman–Crippen LogP) is 3.06. The van der Waals surface area contributed by atoms with Gasteiger partial charge in [0.05, 0.1) is 0 Å². The topological polar surface area (TPSA) is 81.5 Å². The lowest BCUT2D eigenvalue weighted by Crippen LogP contribution is -2.41. The first-order valence-electron chi connectivity index (χ1n) is 6.48. The van der Waals surface area contributed by atoms with Gasteiger partial charge in [-0.25, -0.2) is 9.18 Å². The van der Waals surface area contributed by atoms with Gasteiger partial charge in [0.25, 0.3) is 0 Å². The summed E-state index contributed by atoms with van der Waals surface area (Å²) in [5.41, 5.74) is -0.276. The van der Waals surface area contributed by atoms with Crippen LogP contribution in [0.25, 0.3) is 0 Å². The summed E-state index contributed by atoms with van der Waals surface area (Å²) in [6.07, 6.45) is -0.759. The third-order valence-electron chi connectivity index (χ3n) is 2.72. The normalized spacial score (nSPS) is 14.1. The lowest BCUT2D eigenvalue weighted by molar-refractivity contribution is -0.523. The Morgan fingerprint density at radius 2 is 1.86 bits per heavy atom. The molecule has 0 unspecified atom stereocenters. The molecule has 0 bridgehead atoms. The number of alkyl carbamates (subject to hydrolysis) is 1. The third kappa shape index (κ3) is 5.37. The monoisotopic (exact) mass is 298 g/mol. The molecule has 1 N–H and O–H groups in total. The molecule has 1 amide bonds. The van der Waals surface area contributed by atoms with Crippen molar-refractivity contribution in [3.05, 3.63) is 45.8 Å². The van der Waals surface area contributed by atoms with Crippen molar-refractivity contribution in [3.63, 3.8) is 0 Å². The molecular weight excluding hydrogens is 279 g/mol. The van der Waals surface area contributed by atoms with Crippen LogP contribution in [-0.2, 0) is 4.74 Å². The SMILES string of the molecule is C[C@@H]([C@@H](NC(=O)OC(C)(C)C)c1ccc(F)cc1)[N+](=O)[O-]. The predicted molar refractivity (Wildman–Crippen MR) is 75.0 cm³/mol. The molecule has 0 aliphatic heterocycles. The number of halogens is 1. The van der Waals surface area contributed by atoms with E-state index in [1.165, 1.54) is 31.2 Å². The zero-order chi connectivity index (χ0) is 16.2. The number of nitro groups is 1. The highest BCUT2D eigenvalue weighted by Crippen LogP contribution is 2.20. The van der Waals surface area contributed by atoms with Crippen LogP contribution in [-0.4, -0.2) is 22.7 Å². The number of nitrogens with zero attached hydrogens (tertiary/aromatic N) is 1. The Balaban J connectivity index is 2.95. The van der Waals surface area contributed by atoms with E-state index in [1.807, 2.05) is 0 Å². The summed E-state index contributed by atoms with van der Waals surface area (Å²) >= 11 is 0. The number of nitrogens with one attached hydrogen (secondary N) is 1. The maximum absolute atomic E-state index is 12.9. The second-order valence-electron chi connectivity index (χ2n) is 5.70. The molecule has 1 aromatic carbocycles. The van der Waals surface area contributed by atoms with E-state index in [-0.39, 0.29) is 0 Å². The average Bonchev–Trinajstić information content (AvgIpc) is 2.34. The van der Waals surface area contributed by atoms with Gasteiger partial charge in [0.15, 0.2) is 0 Å². The highest BCUT2D eigenvalue weighted by molar-refractivity contribution is 5.68. The van der Waals surface area contributed by atoms with Crippen molar-refractivity contribution < 1.29 is 18.8 Å². The van der Waals surface area contributed by atoms with E-state index >= 15 is 0 Å². The van der Waals surface area contributed by atoms with Crippen molar-refractivity contribution in [2.24, 2.45) is 0 Å². The van der Waals surface area contributed by atoms with Gasteiger partial charge in [-0.1, -0.05) is 12.1 Å². The Morgan fingerprint density at radius 3 is 2.29 bits per heavy atom. The van der Waals surface area contributed by atoms with Gasteiger partial charge in [-0.15, -0.1) is 0 Å². The van der Waals surface area contributed by atoms with E-state index in [4.69, 9.17) is 4.74 Å². The first-order chi connectivity index (χ1) is 9.60. The molecular formula is C14H19FN2O4. The van der Waals surface area contributed by atoms with Crippen LogP contribution in [0.1, 0.15) is 39.3 Å². The summed E-state index contributed by atoms with van der Waals surface area (Å²) in [5.74, 6) is -0.455. The van der Waals surface area contributed by atoms with Gasteiger partial charge in [0.1, 0.15) is 17.5 Å². The zero-order valence-corrected chi connectivity index (χ0v) is 12.4. The molecule has 21 heavy (non-hydrogen) atoms. The smallest absolute Gasteiger partial charge is 0.408 e. The Bertz CT molecular complexity index is 511. The van der Waals surface area contributed by atoms with Crippen LogP contribution in [0.2, 0.25) is 0 Å². The van der Waals surface area contributed by atoms with Gasteiger partial charge < -0.3 is 10.1 Å². The molecule has 116 valence electrons. The molecule has 1 aromatic rings. The number of hydrogen-bond acceptors (Lipinski definition) is 4. The highest BCUT2D eigenvalue weighted by atomic mass is 19.1. The van der Waals surface area contributed by atoms with Gasteiger partial charge >= 0.3 is 6.09 Å². The van der Waals surface area contributed by atoms with Crippen molar-refractivity contribution >= 4 is 6.09 Å². The van der Waals surface area contributed by atoms with Crippen molar-refractivity contribution in [3.8, 4) is 0 Å². The minimum absolute atomic E-state index is 0.437. The van der Waals surface area contributed by atoms with Crippen molar-refractivity contribution in [2.45, 2.75) is 45.4 Å². The maximum Gasteiger partial charge on any atom is 0.408 e. The summed E-state index contributed by atoms with van der Waals surface area (Å²) in [6.45, 7) is 6.44. The molecule has 0 fully saturated rings. The molecule has 0 saturated carbocycles. The average molecular weight is 298 g/mol. The van der Waals surface area contributed by atoms with Crippen molar-refractivity contribution in [1.29, 1.82) is 0 Å². The fourth-order valence-corrected chi connectivity index (χ4v) is 1.71. The molecule has 6 nitrogen and oxygen atoms in total. The zero-order valence-electron chi connectivity index (χ0n) is 12.4. The minimum Gasteiger partial charge on any atom is -0.444 e. The first kappa shape index (κ1) is 16.9. The van der Waals surface area contributed by atoms with E-state index in [0.717, 1.165) is 0 Å². The number of carbonyl (C=O) groups excluding carboxylic acids is 1. The molecule has 0 radical (unpaired) electrons. The van der Waals surface area contributed by atoms with E-state index in [9.17, 15) is 19.3 Å². The quantitative estimate of drug-likeness (QED) is 0.684. The lowest BCUT2D eigenvalue weighted by atomic mass is 10.0. The van der Waals surface area contributed by atoms with Gasteiger partial charge in [-0.05, 0) is 38.5 Å². The van der Waals surface area contributed by atoms with Gasteiger partial charge in [0, 0.05) is 11.8 Å². The summed E-state index contributed by atoms with van der Waals surface area (Å²) in [6, 6.07) is 3.19. The highest BCUT2D eigenvalue weighted by Gasteiger charge is 2.31.